The third kappa shape index (κ3) is 4.32. The van der Waals surface area contributed by atoms with Gasteiger partial charge in [0.05, 0.1) is 12.2 Å². The molecular formula is C22H24ClN5O4. The molecule has 1 aliphatic carbocycles. The number of carbonyl (C=O) groups is 2. The first-order valence-corrected chi connectivity index (χ1v) is 10.2. The lowest BCUT2D eigenvalue weighted by Crippen LogP contribution is -2.35. The van der Waals surface area contributed by atoms with Crippen LogP contribution in [0, 0.1) is 22.7 Å². The van der Waals surface area contributed by atoms with E-state index in [4.69, 9.17) is 4.74 Å². The summed E-state index contributed by atoms with van der Waals surface area (Å²) in [5.41, 5.74) is -0.326. The molecule has 168 valence electrons. The van der Waals surface area contributed by atoms with Crippen molar-refractivity contribution in [1.29, 1.82) is 5.26 Å². The van der Waals surface area contributed by atoms with Crippen LogP contribution < -0.4 is 15.0 Å². The Morgan fingerprint density at radius 2 is 2.12 bits per heavy atom. The number of hydrogen-bond donors (Lipinski definition) is 2. The monoisotopic (exact) mass is 457 g/mol. The SMILES string of the molecule is CC(C)Oc1cc(Nc2nccc(N3CC[C@@](C#N)(C4CC4)C3=O)n2)ccc1C(=O)O.Cl. The Balaban J connectivity index is 0.00000289. The van der Waals surface area contributed by atoms with Gasteiger partial charge in [0, 0.05) is 24.5 Å². The highest BCUT2D eigenvalue weighted by Crippen LogP contribution is 2.51. The summed E-state index contributed by atoms with van der Waals surface area (Å²) >= 11 is 0. The van der Waals surface area contributed by atoms with Crippen molar-refractivity contribution in [1.82, 2.24) is 9.97 Å². The van der Waals surface area contributed by atoms with Gasteiger partial charge in [-0.3, -0.25) is 9.69 Å². The number of hydrogen-bond acceptors (Lipinski definition) is 7. The molecule has 2 heterocycles. The van der Waals surface area contributed by atoms with Crippen molar-refractivity contribution in [2.24, 2.45) is 11.3 Å². The molecule has 1 saturated heterocycles. The van der Waals surface area contributed by atoms with E-state index in [0.717, 1.165) is 12.8 Å². The van der Waals surface area contributed by atoms with Crippen molar-refractivity contribution >= 4 is 41.7 Å². The van der Waals surface area contributed by atoms with Crippen LogP contribution in [0.1, 0.15) is 43.5 Å². The van der Waals surface area contributed by atoms with E-state index in [1.165, 1.54) is 6.07 Å². The van der Waals surface area contributed by atoms with E-state index < -0.39 is 11.4 Å². The van der Waals surface area contributed by atoms with Gasteiger partial charge in [0.25, 0.3) is 0 Å². The standard InChI is InChI=1S/C22H23N5O4.ClH/c1-13(2)31-17-11-15(5-6-16(17)19(28)29)25-21-24-9-7-18(26-21)27-10-8-22(12-23,20(27)30)14-3-4-14;/h5-7,9,11,13-14H,3-4,8,10H2,1-2H3,(H,28,29)(H,24,25,26);1H/t22-;/m1./s1. The highest BCUT2D eigenvalue weighted by atomic mass is 35.5. The topological polar surface area (TPSA) is 128 Å². The quantitative estimate of drug-likeness (QED) is 0.642. The molecule has 1 aromatic heterocycles. The summed E-state index contributed by atoms with van der Waals surface area (Å²) < 4.78 is 5.62. The molecule has 2 N–H and O–H groups in total. The zero-order chi connectivity index (χ0) is 22.2. The third-order valence-electron chi connectivity index (χ3n) is 5.58. The zero-order valence-electron chi connectivity index (χ0n) is 17.7. The number of nitriles is 1. The lowest BCUT2D eigenvalue weighted by atomic mass is 9.83. The second-order valence-corrected chi connectivity index (χ2v) is 8.11. The maximum Gasteiger partial charge on any atom is 0.339 e. The average molecular weight is 458 g/mol. The molecule has 1 amide bonds. The number of benzene rings is 1. The second-order valence-electron chi connectivity index (χ2n) is 8.11. The zero-order valence-corrected chi connectivity index (χ0v) is 18.6. The van der Waals surface area contributed by atoms with Crippen LogP contribution in [-0.2, 0) is 4.79 Å². The summed E-state index contributed by atoms with van der Waals surface area (Å²) in [5, 5.41) is 22.1. The molecule has 2 fully saturated rings. The summed E-state index contributed by atoms with van der Waals surface area (Å²) in [4.78, 5) is 34.6. The van der Waals surface area contributed by atoms with Crippen molar-refractivity contribution in [3.05, 3.63) is 36.0 Å². The van der Waals surface area contributed by atoms with Crippen LogP contribution in [0.5, 0.6) is 5.75 Å². The molecule has 32 heavy (non-hydrogen) atoms. The van der Waals surface area contributed by atoms with Crippen LogP contribution in [0.25, 0.3) is 0 Å². The molecule has 2 aliphatic rings. The minimum absolute atomic E-state index is 0. The number of halogens is 1. The number of amides is 1. The van der Waals surface area contributed by atoms with Gasteiger partial charge in [0.2, 0.25) is 11.9 Å². The predicted octanol–water partition coefficient (Wildman–Crippen LogP) is 3.78. The number of rotatable bonds is 7. The van der Waals surface area contributed by atoms with E-state index >= 15 is 0 Å². The van der Waals surface area contributed by atoms with Crippen LogP contribution in [0.3, 0.4) is 0 Å². The smallest absolute Gasteiger partial charge is 0.339 e. The van der Waals surface area contributed by atoms with Crippen molar-refractivity contribution in [2.75, 3.05) is 16.8 Å². The van der Waals surface area contributed by atoms with Gasteiger partial charge in [-0.05, 0) is 57.2 Å². The minimum Gasteiger partial charge on any atom is -0.490 e. The van der Waals surface area contributed by atoms with Crippen LogP contribution in [-0.4, -0.2) is 39.6 Å². The maximum absolute atomic E-state index is 13.0. The van der Waals surface area contributed by atoms with E-state index in [1.54, 1.807) is 29.3 Å². The number of anilines is 3. The normalized spacial score (nSPS) is 19.9. The average Bonchev–Trinajstić information content (AvgIpc) is 3.52. The number of aromatic carboxylic acids is 1. The van der Waals surface area contributed by atoms with Gasteiger partial charge in [-0.1, -0.05) is 0 Å². The summed E-state index contributed by atoms with van der Waals surface area (Å²) in [7, 11) is 0. The van der Waals surface area contributed by atoms with Gasteiger partial charge in [-0.15, -0.1) is 12.4 Å². The van der Waals surface area contributed by atoms with Gasteiger partial charge in [0.1, 0.15) is 22.5 Å². The molecule has 0 radical (unpaired) electrons. The van der Waals surface area contributed by atoms with E-state index in [1.807, 2.05) is 13.8 Å². The molecule has 1 aliphatic heterocycles. The Bertz CT molecular complexity index is 1080. The number of carboxylic acids is 1. The highest BCUT2D eigenvalue weighted by Gasteiger charge is 2.57. The molecule has 2 aromatic rings. The molecule has 0 unspecified atom stereocenters. The number of nitrogens with zero attached hydrogens (tertiary/aromatic N) is 4. The molecule has 1 saturated carbocycles. The Morgan fingerprint density at radius 3 is 2.75 bits per heavy atom. The highest BCUT2D eigenvalue weighted by molar-refractivity contribution is 6.01. The predicted molar refractivity (Wildman–Crippen MR) is 119 cm³/mol. The van der Waals surface area contributed by atoms with Gasteiger partial charge < -0.3 is 15.2 Å². The van der Waals surface area contributed by atoms with E-state index in [9.17, 15) is 20.0 Å². The lowest BCUT2D eigenvalue weighted by Gasteiger charge is -2.20. The molecule has 9 nitrogen and oxygen atoms in total. The first-order chi connectivity index (χ1) is 14.8. The summed E-state index contributed by atoms with van der Waals surface area (Å²) in [5.74, 6) is -0.209. The van der Waals surface area contributed by atoms with Gasteiger partial charge in [-0.2, -0.15) is 10.2 Å². The van der Waals surface area contributed by atoms with Crippen LogP contribution in [0.2, 0.25) is 0 Å². The Labute approximate surface area is 191 Å². The molecule has 0 bridgehead atoms. The van der Waals surface area contributed by atoms with E-state index in [2.05, 4.69) is 21.4 Å². The fourth-order valence-electron chi connectivity index (χ4n) is 3.92. The maximum atomic E-state index is 13.0. The van der Waals surface area contributed by atoms with Crippen molar-refractivity contribution < 1.29 is 19.4 Å². The number of carbonyl (C=O) groups excluding carboxylic acids is 1. The van der Waals surface area contributed by atoms with Crippen molar-refractivity contribution in [2.45, 2.75) is 39.2 Å². The fourth-order valence-corrected chi connectivity index (χ4v) is 3.92. The Morgan fingerprint density at radius 1 is 1.38 bits per heavy atom. The summed E-state index contributed by atoms with van der Waals surface area (Å²) in [6, 6.07) is 8.54. The number of aromatic nitrogens is 2. The van der Waals surface area contributed by atoms with E-state index in [-0.39, 0.29) is 47.6 Å². The number of carboxylic acid groups (broad SMARTS) is 1. The van der Waals surface area contributed by atoms with Crippen LogP contribution >= 0.6 is 12.4 Å². The van der Waals surface area contributed by atoms with Crippen LogP contribution in [0.4, 0.5) is 17.5 Å². The Kier molecular flexibility index (Phi) is 6.55. The summed E-state index contributed by atoms with van der Waals surface area (Å²) in [6.07, 6.45) is 3.68. The largest absolute Gasteiger partial charge is 0.490 e. The molecule has 10 heteroatoms. The molecule has 1 atom stereocenters. The molecular weight excluding hydrogens is 434 g/mol. The fraction of sp³-hybridized carbons (Fsp3) is 0.409. The minimum atomic E-state index is -1.08. The van der Waals surface area contributed by atoms with Gasteiger partial charge in [-0.25, -0.2) is 9.78 Å². The first-order valence-electron chi connectivity index (χ1n) is 10.2. The first kappa shape index (κ1) is 23.3. The molecule has 0 spiro atoms. The number of ether oxygens (including phenoxy) is 1. The second kappa shape index (κ2) is 9.01. The number of nitrogens with one attached hydrogen (secondary N) is 1. The lowest BCUT2D eigenvalue weighted by molar-refractivity contribution is -0.123. The van der Waals surface area contributed by atoms with E-state index in [0.29, 0.717) is 24.5 Å². The van der Waals surface area contributed by atoms with Gasteiger partial charge >= 0.3 is 5.97 Å². The molecule has 4 rings (SSSR count). The third-order valence-corrected chi connectivity index (χ3v) is 5.58. The van der Waals surface area contributed by atoms with Crippen molar-refractivity contribution in [3.63, 3.8) is 0 Å². The Hall–Kier alpha value is -3.38. The summed E-state index contributed by atoms with van der Waals surface area (Å²) in [6.45, 7) is 4.07. The van der Waals surface area contributed by atoms with Crippen molar-refractivity contribution in [3.8, 4) is 11.8 Å². The van der Waals surface area contributed by atoms with Gasteiger partial charge in [0.15, 0.2) is 0 Å². The molecule has 1 aromatic carbocycles. The van der Waals surface area contributed by atoms with Crippen LogP contribution in [0.15, 0.2) is 30.5 Å².